The first-order valence-electron chi connectivity index (χ1n) is 9.87. The standard InChI is InChI=1S/C23H20ClN5O3/c1-14-2-8-18(9-3-14)29-22(31)19(21(30)28-23(29)32)20(15-4-6-16(24)7-5-15)26-11-10-17-12-25-13-27-17/h2-9,12-13,31H,10-11H2,1H3,(H,25,27)(H,28,30,32). The highest BCUT2D eigenvalue weighted by Gasteiger charge is 2.21. The molecule has 0 aliphatic carbocycles. The molecule has 0 spiro atoms. The van der Waals surface area contributed by atoms with Gasteiger partial charge in [-0.2, -0.15) is 0 Å². The second-order valence-corrected chi connectivity index (χ2v) is 7.63. The van der Waals surface area contributed by atoms with Crippen LogP contribution >= 0.6 is 11.6 Å². The molecule has 2 heterocycles. The Hall–Kier alpha value is -3.91. The monoisotopic (exact) mass is 449 g/mol. The van der Waals surface area contributed by atoms with Crippen molar-refractivity contribution in [2.24, 2.45) is 4.99 Å². The van der Waals surface area contributed by atoms with Crippen LogP contribution in [0.4, 0.5) is 0 Å². The van der Waals surface area contributed by atoms with Crippen LogP contribution in [-0.2, 0) is 6.42 Å². The smallest absolute Gasteiger partial charge is 0.335 e. The van der Waals surface area contributed by atoms with Crippen molar-refractivity contribution in [3.05, 3.63) is 109 Å². The zero-order valence-electron chi connectivity index (χ0n) is 17.2. The van der Waals surface area contributed by atoms with E-state index in [-0.39, 0.29) is 11.3 Å². The van der Waals surface area contributed by atoms with Crippen molar-refractivity contribution >= 4 is 17.3 Å². The zero-order chi connectivity index (χ0) is 22.7. The highest BCUT2D eigenvalue weighted by Crippen LogP contribution is 2.21. The Kier molecular flexibility index (Phi) is 6.04. The summed E-state index contributed by atoms with van der Waals surface area (Å²) in [5.41, 5.74) is 1.55. The van der Waals surface area contributed by atoms with E-state index in [2.05, 4.69) is 19.9 Å². The summed E-state index contributed by atoms with van der Waals surface area (Å²) in [7, 11) is 0. The second kappa shape index (κ2) is 9.07. The van der Waals surface area contributed by atoms with Crippen LogP contribution in [0.25, 0.3) is 5.69 Å². The molecule has 0 aliphatic heterocycles. The summed E-state index contributed by atoms with van der Waals surface area (Å²) >= 11 is 6.02. The summed E-state index contributed by atoms with van der Waals surface area (Å²) in [5.74, 6) is -0.488. The molecule has 2 aromatic carbocycles. The summed E-state index contributed by atoms with van der Waals surface area (Å²) in [4.78, 5) is 39.3. The lowest BCUT2D eigenvalue weighted by molar-refractivity contribution is 0.430. The van der Waals surface area contributed by atoms with E-state index in [1.54, 1.807) is 48.9 Å². The predicted molar refractivity (Wildman–Crippen MR) is 123 cm³/mol. The van der Waals surface area contributed by atoms with Crippen molar-refractivity contribution in [1.29, 1.82) is 0 Å². The van der Waals surface area contributed by atoms with E-state index in [9.17, 15) is 14.7 Å². The molecule has 4 aromatic rings. The van der Waals surface area contributed by atoms with Gasteiger partial charge < -0.3 is 10.1 Å². The Morgan fingerprint density at radius 3 is 2.50 bits per heavy atom. The van der Waals surface area contributed by atoms with Crippen LogP contribution in [0.5, 0.6) is 5.88 Å². The van der Waals surface area contributed by atoms with Gasteiger partial charge in [0, 0.05) is 35.4 Å². The molecule has 0 atom stereocenters. The molecule has 0 radical (unpaired) electrons. The van der Waals surface area contributed by atoms with Gasteiger partial charge in [0.2, 0.25) is 5.88 Å². The van der Waals surface area contributed by atoms with Crippen molar-refractivity contribution < 1.29 is 5.11 Å². The Bertz CT molecular complexity index is 1370. The summed E-state index contributed by atoms with van der Waals surface area (Å²) in [5, 5.41) is 11.6. The van der Waals surface area contributed by atoms with Gasteiger partial charge >= 0.3 is 5.69 Å². The maximum absolute atomic E-state index is 12.8. The number of benzene rings is 2. The molecule has 3 N–H and O–H groups in total. The first kappa shape index (κ1) is 21.3. The molecule has 0 saturated heterocycles. The minimum absolute atomic E-state index is 0.0999. The lowest BCUT2D eigenvalue weighted by Crippen LogP contribution is -2.33. The fourth-order valence-corrected chi connectivity index (χ4v) is 3.43. The number of aromatic amines is 2. The van der Waals surface area contributed by atoms with Gasteiger partial charge in [-0.25, -0.2) is 14.3 Å². The quantitative estimate of drug-likeness (QED) is 0.392. The van der Waals surface area contributed by atoms with Crippen LogP contribution in [0.3, 0.4) is 0 Å². The fraction of sp³-hybridized carbons (Fsp3) is 0.130. The maximum Gasteiger partial charge on any atom is 0.335 e. The molecule has 32 heavy (non-hydrogen) atoms. The number of hydrogen-bond acceptors (Lipinski definition) is 5. The molecule has 0 fully saturated rings. The molecule has 0 saturated carbocycles. The molecule has 0 amide bonds. The van der Waals surface area contributed by atoms with Crippen molar-refractivity contribution in [1.82, 2.24) is 19.5 Å². The predicted octanol–water partition coefficient (Wildman–Crippen LogP) is 3.00. The van der Waals surface area contributed by atoms with Crippen molar-refractivity contribution in [2.75, 3.05) is 6.54 Å². The first-order valence-corrected chi connectivity index (χ1v) is 10.2. The molecule has 0 bridgehead atoms. The molecule has 0 unspecified atom stereocenters. The van der Waals surface area contributed by atoms with E-state index < -0.39 is 17.1 Å². The van der Waals surface area contributed by atoms with E-state index in [4.69, 9.17) is 11.6 Å². The van der Waals surface area contributed by atoms with Crippen LogP contribution in [0.2, 0.25) is 5.02 Å². The van der Waals surface area contributed by atoms with Gasteiger partial charge in [0.15, 0.2) is 0 Å². The van der Waals surface area contributed by atoms with E-state index in [0.717, 1.165) is 15.8 Å². The molecule has 0 aliphatic rings. The molecule has 2 aromatic heterocycles. The third-order valence-corrected chi connectivity index (χ3v) is 5.19. The van der Waals surface area contributed by atoms with Crippen molar-refractivity contribution in [2.45, 2.75) is 13.3 Å². The highest BCUT2D eigenvalue weighted by molar-refractivity contribution is 6.30. The minimum Gasteiger partial charge on any atom is -0.493 e. The number of H-pyrrole nitrogens is 2. The van der Waals surface area contributed by atoms with Gasteiger partial charge in [-0.1, -0.05) is 41.4 Å². The average molecular weight is 450 g/mol. The number of rotatable bonds is 6. The molecular formula is C23H20ClN5O3. The summed E-state index contributed by atoms with van der Waals surface area (Å²) in [6, 6.07) is 13.8. The van der Waals surface area contributed by atoms with Gasteiger partial charge in [-0.3, -0.25) is 14.8 Å². The highest BCUT2D eigenvalue weighted by atomic mass is 35.5. The number of aromatic nitrogens is 4. The Labute approximate surface area is 187 Å². The number of imidazole rings is 1. The number of halogens is 1. The number of aliphatic imine (C=N–C) groups is 1. The van der Waals surface area contributed by atoms with Gasteiger partial charge in [0.25, 0.3) is 5.56 Å². The normalized spacial score (nSPS) is 11.6. The Balaban J connectivity index is 1.87. The first-order chi connectivity index (χ1) is 15.4. The number of aryl methyl sites for hydroxylation is 1. The number of aromatic hydroxyl groups is 1. The van der Waals surface area contributed by atoms with Crippen molar-refractivity contribution in [3.8, 4) is 11.6 Å². The second-order valence-electron chi connectivity index (χ2n) is 7.19. The van der Waals surface area contributed by atoms with E-state index >= 15 is 0 Å². The third kappa shape index (κ3) is 4.40. The number of hydrogen-bond donors (Lipinski definition) is 3. The van der Waals surface area contributed by atoms with Gasteiger partial charge in [-0.05, 0) is 31.2 Å². The lowest BCUT2D eigenvalue weighted by atomic mass is 10.0. The van der Waals surface area contributed by atoms with Crippen LogP contribution in [0, 0.1) is 6.92 Å². The number of nitrogens with zero attached hydrogens (tertiary/aromatic N) is 3. The maximum atomic E-state index is 12.8. The topological polar surface area (TPSA) is 116 Å². The molecule has 162 valence electrons. The van der Waals surface area contributed by atoms with Crippen LogP contribution in [0.15, 0.2) is 75.6 Å². The van der Waals surface area contributed by atoms with Gasteiger partial charge in [0.05, 0.1) is 17.7 Å². The zero-order valence-corrected chi connectivity index (χ0v) is 17.9. The van der Waals surface area contributed by atoms with Gasteiger partial charge in [0.1, 0.15) is 5.56 Å². The van der Waals surface area contributed by atoms with E-state index in [1.807, 2.05) is 19.1 Å². The third-order valence-electron chi connectivity index (χ3n) is 4.94. The van der Waals surface area contributed by atoms with Crippen LogP contribution in [-0.4, -0.2) is 36.9 Å². The minimum atomic E-state index is -0.743. The largest absolute Gasteiger partial charge is 0.493 e. The average Bonchev–Trinajstić information content (AvgIpc) is 3.28. The summed E-state index contributed by atoms with van der Waals surface area (Å²) < 4.78 is 1.05. The summed E-state index contributed by atoms with van der Waals surface area (Å²) in [6.07, 6.45) is 3.82. The van der Waals surface area contributed by atoms with E-state index in [1.165, 1.54) is 0 Å². The number of nitrogens with one attached hydrogen (secondary N) is 2. The fourth-order valence-electron chi connectivity index (χ4n) is 3.30. The van der Waals surface area contributed by atoms with Crippen LogP contribution < -0.4 is 11.2 Å². The Morgan fingerprint density at radius 1 is 1.12 bits per heavy atom. The lowest BCUT2D eigenvalue weighted by Gasteiger charge is -2.14. The van der Waals surface area contributed by atoms with Crippen LogP contribution in [0.1, 0.15) is 22.4 Å². The van der Waals surface area contributed by atoms with Crippen molar-refractivity contribution in [3.63, 3.8) is 0 Å². The molecule has 8 nitrogen and oxygen atoms in total. The summed E-state index contributed by atoms with van der Waals surface area (Å²) in [6.45, 7) is 2.23. The van der Waals surface area contributed by atoms with E-state index in [0.29, 0.717) is 29.2 Å². The SMILES string of the molecule is Cc1ccc(-n2c(O)c(C(=NCCc3cnc[nH]3)c3ccc(Cl)cc3)c(=O)[nH]c2=O)cc1. The molecule has 9 heteroatoms. The van der Waals surface area contributed by atoms with Gasteiger partial charge in [-0.15, -0.1) is 0 Å². The Morgan fingerprint density at radius 2 is 1.84 bits per heavy atom. The molecular weight excluding hydrogens is 430 g/mol. The molecule has 4 rings (SSSR count).